The van der Waals surface area contributed by atoms with Crippen LogP contribution in [0.5, 0.6) is 11.5 Å². The summed E-state index contributed by atoms with van der Waals surface area (Å²) >= 11 is 11.9. The average Bonchev–Trinajstić information content (AvgIpc) is 2.82. The summed E-state index contributed by atoms with van der Waals surface area (Å²) in [6.45, 7) is 1.81. The van der Waals surface area contributed by atoms with E-state index in [2.05, 4.69) is 15.8 Å². The maximum absolute atomic E-state index is 12.5. The first-order valence-corrected chi connectivity index (χ1v) is 10.6. The molecule has 10 heteroatoms. The van der Waals surface area contributed by atoms with Crippen LogP contribution in [-0.4, -0.2) is 31.1 Å². The number of methoxy groups -OCH3 is 1. The fraction of sp³-hybridized carbons (Fsp3) is 0.0833. The molecule has 0 aliphatic rings. The van der Waals surface area contributed by atoms with Gasteiger partial charge >= 0.3 is 17.8 Å². The second-order valence-electron chi connectivity index (χ2n) is 6.87. The third kappa shape index (κ3) is 6.12. The van der Waals surface area contributed by atoms with Gasteiger partial charge in [-0.15, -0.1) is 0 Å². The molecule has 3 aromatic carbocycles. The van der Waals surface area contributed by atoms with Crippen molar-refractivity contribution in [1.82, 2.24) is 5.43 Å². The van der Waals surface area contributed by atoms with Gasteiger partial charge in [0.2, 0.25) is 0 Å². The number of aryl methyl sites for hydroxylation is 1. The van der Waals surface area contributed by atoms with Crippen molar-refractivity contribution in [3.05, 3.63) is 87.4 Å². The van der Waals surface area contributed by atoms with Crippen LogP contribution in [0.4, 0.5) is 5.69 Å². The van der Waals surface area contributed by atoms with Gasteiger partial charge in [0.1, 0.15) is 0 Å². The molecule has 3 rings (SSSR count). The second kappa shape index (κ2) is 11.3. The minimum absolute atomic E-state index is 0.115. The van der Waals surface area contributed by atoms with Gasteiger partial charge in [-0.3, -0.25) is 9.59 Å². The molecule has 0 bridgehead atoms. The number of halogens is 2. The summed E-state index contributed by atoms with van der Waals surface area (Å²) in [5.74, 6) is -2.00. The fourth-order valence-electron chi connectivity index (χ4n) is 2.80. The molecule has 0 saturated carbocycles. The number of anilines is 1. The molecule has 0 atom stereocenters. The summed E-state index contributed by atoms with van der Waals surface area (Å²) in [6.07, 6.45) is 1.30. The number of rotatable bonds is 6. The van der Waals surface area contributed by atoms with Crippen LogP contribution in [0.1, 0.15) is 21.5 Å². The minimum Gasteiger partial charge on any atom is -0.493 e. The number of carbonyl (C=O) groups is 3. The molecule has 0 saturated heterocycles. The topological polar surface area (TPSA) is 106 Å². The molecule has 0 fully saturated rings. The zero-order valence-electron chi connectivity index (χ0n) is 18.1. The number of amides is 2. The first kappa shape index (κ1) is 24.8. The Bertz CT molecular complexity index is 1280. The lowest BCUT2D eigenvalue weighted by atomic mass is 10.1. The predicted molar refractivity (Wildman–Crippen MR) is 130 cm³/mol. The lowest BCUT2D eigenvalue weighted by Gasteiger charge is -2.11. The number of nitrogens with zero attached hydrogens (tertiary/aromatic N) is 1. The SMILES string of the molecule is COc1cc(/C=N/NC(=O)C(=O)Nc2cccc(Cl)c2Cl)ccc1OC(=O)c1ccccc1C. The van der Waals surface area contributed by atoms with Crippen molar-refractivity contribution < 1.29 is 23.9 Å². The maximum Gasteiger partial charge on any atom is 0.343 e. The number of hydrazone groups is 1. The second-order valence-corrected chi connectivity index (χ2v) is 7.65. The van der Waals surface area contributed by atoms with E-state index in [1.807, 2.05) is 19.1 Å². The summed E-state index contributed by atoms with van der Waals surface area (Å²) in [4.78, 5) is 36.5. The van der Waals surface area contributed by atoms with Crippen molar-refractivity contribution in [2.75, 3.05) is 12.4 Å². The number of hydrogen-bond donors (Lipinski definition) is 2. The molecule has 0 aliphatic heterocycles. The number of benzene rings is 3. The van der Waals surface area contributed by atoms with Crippen LogP contribution in [0, 0.1) is 6.92 Å². The van der Waals surface area contributed by atoms with Crippen LogP contribution >= 0.6 is 23.2 Å². The Morgan fingerprint density at radius 2 is 1.71 bits per heavy atom. The van der Waals surface area contributed by atoms with Gasteiger partial charge in [-0.05, 0) is 54.4 Å². The monoisotopic (exact) mass is 499 g/mol. The minimum atomic E-state index is -1.01. The molecule has 8 nitrogen and oxygen atoms in total. The Morgan fingerprint density at radius 1 is 0.941 bits per heavy atom. The molecule has 0 unspecified atom stereocenters. The standard InChI is InChI=1S/C24H19Cl2N3O5/c1-14-6-3-4-7-16(14)24(32)34-19-11-10-15(12-20(19)33-2)13-27-29-23(31)22(30)28-18-9-5-8-17(25)21(18)26/h3-13H,1-2H3,(H,28,30)(H,29,31)/b27-13+. The van der Waals surface area contributed by atoms with Crippen molar-refractivity contribution in [3.63, 3.8) is 0 Å². The van der Waals surface area contributed by atoms with Gasteiger partial charge < -0.3 is 14.8 Å². The first-order chi connectivity index (χ1) is 16.3. The van der Waals surface area contributed by atoms with E-state index < -0.39 is 17.8 Å². The van der Waals surface area contributed by atoms with Gasteiger partial charge in [0.15, 0.2) is 11.5 Å². The number of ether oxygens (including phenoxy) is 2. The predicted octanol–water partition coefficient (Wildman–Crippen LogP) is 4.62. The van der Waals surface area contributed by atoms with E-state index in [4.69, 9.17) is 32.7 Å². The Balaban J connectivity index is 1.63. The molecule has 34 heavy (non-hydrogen) atoms. The summed E-state index contributed by atoms with van der Waals surface area (Å²) in [5.41, 5.74) is 4.05. The van der Waals surface area contributed by atoms with Crippen molar-refractivity contribution in [2.45, 2.75) is 6.92 Å². The summed E-state index contributed by atoms with van der Waals surface area (Å²) in [5, 5.41) is 6.46. The van der Waals surface area contributed by atoms with Crippen LogP contribution in [-0.2, 0) is 9.59 Å². The summed E-state index contributed by atoms with van der Waals surface area (Å²) < 4.78 is 10.7. The van der Waals surface area contributed by atoms with Gasteiger partial charge in [-0.1, -0.05) is 47.5 Å². The van der Waals surface area contributed by atoms with E-state index in [0.717, 1.165) is 5.56 Å². The highest BCUT2D eigenvalue weighted by Gasteiger charge is 2.16. The Labute approximate surface area is 205 Å². The normalized spacial score (nSPS) is 10.6. The number of esters is 1. The van der Waals surface area contributed by atoms with Gasteiger partial charge in [0.05, 0.1) is 34.6 Å². The molecule has 0 radical (unpaired) electrons. The molecule has 0 aliphatic carbocycles. The quantitative estimate of drug-likeness (QED) is 0.169. The number of nitrogens with one attached hydrogen (secondary N) is 2. The van der Waals surface area contributed by atoms with Crippen LogP contribution in [0.15, 0.2) is 65.8 Å². The Hall–Kier alpha value is -3.88. The molecule has 174 valence electrons. The van der Waals surface area contributed by atoms with E-state index in [1.165, 1.54) is 25.5 Å². The molecule has 3 aromatic rings. The molecule has 0 heterocycles. The average molecular weight is 500 g/mol. The third-order valence-electron chi connectivity index (χ3n) is 4.54. The lowest BCUT2D eigenvalue weighted by molar-refractivity contribution is -0.136. The summed E-state index contributed by atoms with van der Waals surface area (Å²) in [6, 6.07) is 16.4. The van der Waals surface area contributed by atoms with E-state index >= 15 is 0 Å². The van der Waals surface area contributed by atoms with Gasteiger partial charge in [-0.25, -0.2) is 10.2 Å². The van der Waals surface area contributed by atoms with E-state index in [-0.39, 0.29) is 27.2 Å². The highest BCUT2D eigenvalue weighted by Crippen LogP contribution is 2.30. The van der Waals surface area contributed by atoms with E-state index in [1.54, 1.807) is 36.4 Å². The summed E-state index contributed by atoms with van der Waals surface area (Å²) in [7, 11) is 1.43. The molecule has 2 N–H and O–H groups in total. The van der Waals surface area contributed by atoms with Crippen molar-refractivity contribution in [1.29, 1.82) is 0 Å². The molecular formula is C24H19Cl2N3O5. The van der Waals surface area contributed by atoms with Crippen molar-refractivity contribution in [3.8, 4) is 11.5 Å². The smallest absolute Gasteiger partial charge is 0.343 e. The first-order valence-electron chi connectivity index (χ1n) is 9.84. The van der Waals surface area contributed by atoms with Crippen LogP contribution < -0.4 is 20.2 Å². The largest absolute Gasteiger partial charge is 0.493 e. The number of carbonyl (C=O) groups excluding carboxylic acids is 3. The molecule has 0 aromatic heterocycles. The van der Waals surface area contributed by atoms with Crippen molar-refractivity contribution >= 4 is 52.9 Å². The van der Waals surface area contributed by atoms with E-state index in [0.29, 0.717) is 11.1 Å². The molecule has 0 spiro atoms. The molecular weight excluding hydrogens is 481 g/mol. The van der Waals surface area contributed by atoms with Crippen molar-refractivity contribution in [2.24, 2.45) is 5.10 Å². The highest BCUT2D eigenvalue weighted by molar-refractivity contribution is 6.45. The zero-order valence-corrected chi connectivity index (χ0v) is 19.6. The lowest BCUT2D eigenvalue weighted by Crippen LogP contribution is -2.32. The maximum atomic E-state index is 12.5. The number of hydrogen-bond acceptors (Lipinski definition) is 6. The molecule has 2 amide bonds. The van der Waals surface area contributed by atoms with Gasteiger partial charge in [0.25, 0.3) is 0 Å². The van der Waals surface area contributed by atoms with Gasteiger partial charge in [-0.2, -0.15) is 5.10 Å². The fourth-order valence-corrected chi connectivity index (χ4v) is 3.15. The van der Waals surface area contributed by atoms with Gasteiger partial charge in [0, 0.05) is 0 Å². The van der Waals surface area contributed by atoms with Crippen LogP contribution in [0.2, 0.25) is 10.0 Å². The Kier molecular flexibility index (Phi) is 8.24. The zero-order chi connectivity index (χ0) is 24.7. The van der Waals surface area contributed by atoms with Crippen LogP contribution in [0.25, 0.3) is 0 Å². The van der Waals surface area contributed by atoms with Crippen LogP contribution in [0.3, 0.4) is 0 Å². The highest BCUT2D eigenvalue weighted by atomic mass is 35.5. The van der Waals surface area contributed by atoms with E-state index in [9.17, 15) is 14.4 Å². The Morgan fingerprint density at radius 3 is 2.44 bits per heavy atom. The third-order valence-corrected chi connectivity index (χ3v) is 5.36.